The summed E-state index contributed by atoms with van der Waals surface area (Å²) in [6.07, 6.45) is 6.88. The van der Waals surface area contributed by atoms with E-state index in [1.807, 2.05) is 6.07 Å². The molecular formula is C21H27N7O3. The third-order valence-corrected chi connectivity index (χ3v) is 5.89. The van der Waals surface area contributed by atoms with Crippen molar-refractivity contribution < 1.29 is 9.90 Å². The SMILES string of the molecule is CNc1cc(Nc2cccn(C3CCC3)c2=O)nc(/C(=C\N)C(=O)NC2CCC2O)n1. The minimum atomic E-state index is -0.555. The fraction of sp³-hybridized carbons (Fsp3) is 0.429. The molecule has 6 N–H and O–H groups in total. The molecule has 2 aromatic rings. The Morgan fingerprint density at radius 3 is 2.61 bits per heavy atom. The number of anilines is 3. The Labute approximate surface area is 179 Å². The first-order chi connectivity index (χ1) is 15.0. The van der Waals surface area contributed by atoms with Gasteiger partial charge in [0.25, 0.3) is 11.5 Å². The second kappa shape index (κ2) is 8.76. The summed E-state index contributed by atoms with van der Waals surface area (Å²) >= 11 is 0. The maximum Gasteiger partial charge on any atom is 0.274 e. The molecule has 2 aromatic heterocycles. The van der Waals surface area contributed by atoms with Crippen LogP contribution >= 0.6 is 0 Å². The lowest BCUT2D eigenvalue weighted by Gasteiger charge is -2.33. The number of aliphatic hydroxyl groups excluding tert-OH is 1. The van der Waals surface area contributed by atoms with Gasteiger partial charge in [-0.1, -0.05) is 0 Å². The zero-order chi connectivity index (χ0) is 22.0. The van der Waals surface area contributed by atoms with Gasteiger partial charge < -0.3 is 31.4 Å². The van der Waals surface area contributed by atoms with Gasteiger partial charge in [-0.15, -0.1) is 0 Å². The molecule has 0 radical (unpaired) electrons. The average Bonchev–Trinajstić information content (AvgIpc) is 2.73. The smallest absolute Gasteiger partial charge is 0.274 e. The van der Waals surface area contributed by atoms with E-state index in [2.05, 4.69) is 25.9 Å². The van der Waals surface area contributed by atoms with Gasteiger partial charge >= 0.3 is 0 Å². The minimum absolute atomic E-state index is 0.0826. The van der Waals surface area contributed by atoms with Gasteiger partial charge in [0.2, 0.25) is 0 Å². The molecule has 10 nitrogen and oxygen atoms in total. The van der Waals surface area contributed by atoms with Crippen molar-refractivity contribution in [1.82, 2.24) is 19.9 Å². The van der Waals surface area contributed by atoms with Crippen LogP contribution in [0.2, 0.25) is 0 Å². The molecule has 2 fully saturated rings. The van der Waals surface area contributed by atoms with Crippen molar-refractivity contribution in [3.8, 4) is 0 Å². The number of carbonyl (C=O) groups excluding carboxylic acids is 1. The van der Waals surface area contributed by atoms with Crippen molar-refractivity contribution in [2.75, 3.05) is 17.7 Å². The van der Waals surface area contributed by atoms with Gasteiger partial charge in [0.05, 0.1) is 17.7 Å². The first-order valence-electron chi connectivity index (χ1n) is 10.5. The number of nitrogens with two attached hydrogens (primary N) is 1. The van der Waals surface area contributed by atoms with Crippen LogP contribution < -0.4 is 27.2 Å². The Morgan fingerprint density at radius 2 is 2.03 bits per heavy atom. The largest absolute Gasteiger partial charge is 0.404 e. The van der Waals surface area contributed by atoms with Crippen LogP contribution in [0.1, 0.15) is 44.0 Å². The van der Waals surface area contributed by atoms with Crippen LogP contribution in [0, 0.1) is 0 Å². The normalized spacial score (nSPS) is 21.0. The summed E-state index contributed by atoms with van der Waals surface area (Å²) in [7, 11) is 1.69. The second-order valence-electron chi connectivity index (χ2n) is 7.86. The summed E-state index contributed by atoms with van der Waals surface area (Å²) in [5, 5.41) is 18.5. The number of carbonyl (C=O) groups is 1. The quantitative estimate of drug-likeness (QED) is 0.414. The average molecular weight is 425 g/mol. The number of nitrogens with one attached hydrogen (secondary N) is 3. The van der Waals surface area contributed by atoms with Crippen LogP contribution in [0.5, 0.6) is 0 Å². The Bertz CT molecular complexity index is 1060. The van der Waals surface area contributed by atoms with Crippen LogP contribution in [0.3, 0.4) is 0 Å². The van der Waals surface area contributed by atoms with Gasteiger partial charge in [0.1, 0.15) is 17.3 Å². The number of amides is 1. The molecule has 10 heteroatoms. The molecule has 0 aliphatic heterocycles. The molecule has 2 aliphatic carbocycles. The Kier molecular flexibility index (Phi) is 5.90. The molecule has 0 spiro atoms. The van der Waals surface area contributed by atoms with E-state index >= 15 is 0 Å². The van der Waals surface area contributed by atoms with Gasteiger partial charge in [-0.3, -0.25) is 9.59 Å². The van der Waals surface area contributed by atoms with E-state index in [1.165, 1.54) is 0 Å². The van der Waals surface area contributed by atoms with Gasteiger partial charge in [-0.05, 0) is 44.2 Å². The highest BCUT2D eigenvalue weighted by atomic mass is 16.3. The van der Waals surface area contributed by atoms with Crippen molar-refractivity contribution in [3.63, 3.8) is 0 Å². The lowest BCUT2D eigenvalue weighted by atomic mass is 9.89. The van der Waals surface area contributed by atoms with Gasteiger partial charge in [-0.25, -0.2) is 9.97 Å². The highest BCUT2D eigenvalue weighted by Gasteiger charge is 2.31. The molecule has 2 heterocycles. The minimum Gasteiger partial charge on any atom is -0.404 e. The van der Waals surface area contributed by atoms with E-state index in [0.29, 0.717) is 30.2 Å². The summed E-state index contributed by atoms with van der Waals surface area (Å²) < 4.78 is 1.75. The molecule has 164 valence electrons. The molecule has 31 heavy (non-hydrogen) atoms. The molecule has 2 atom stereocenters. The van der Waals surface area contributed by atoms with E-state index in [0.717, 1.165) is 25.5 Å². The standard InChI is InChI=1S/C21H27N7O3/c1-23-17-10-18(24-15-6-3-9-28(21(15)31)12-4-2-5-12)27-19(26-17)13(11-22)20(30)25-14-7-8-16(14)29/h3,6,9-12,14,16,29H,2,4-5,7-8,22H2,1H3,(H,25,30)(H2,23,24,26,27)/b13-11+. The van der Waals surface area contributed by atoms with Crippen LogP contribution in [0.4, 0.5) is 17.3 Å². The second-order valence-corrected chi connectivity index (χ2v) is 7.86. The lowest BCUT2D eigenvalue weighted by molar-refractivity contribution is -0.118. The van der Waals surface area contributed by atoms with Crippen molar-refractivity contribution in [2.45, 2.75) is 50.3 Å². The molecule has 4 rings (SSSR count). The predicted molar refractivity (Wildman–Crippen MR) is 118 cm³/mol. The summed E-state index contributed by atoms with van der Waals surface area (Å²) in [4.78, 5) is 34.3. The van der Waals surface area contributed by atoms with Crippen LogP contribution in [-0.2, 0) is 4.79 Å². The maximum atomic E-state index is 12.9. The molecular weight excluding hydrogens is 398 g/mol. The summed E-state index contributed by atoms with van der Waals surface area (Å²) in [5.41, 5.74) is 6.06. The third-order valence-electron chi connectivity index (χ3n) is 5.89. The molecule has 2 unspecified atom stereocenters. The fourth-order valence-electron chi connectivity index (χ4n) is 3.60. The first-order valence-corrected chi connectivity index (χ1v) is 10.5. The molecule has 2 aliphatic rings. The number of pyridine rings is 1. The summed E-state index contributed by atoms with van der Waals surface area (Å²) in [6, 6.07) is 5.10. The monoisotopic (exact) mass is 425 g/mol. The number of rotatable bonds is 7. The lowest BCUT2D eigenvalue weighted by Crippen LogP contribution is -2.50. The Hall–Kier alpha value is -3.40. The zero-order valence-corrected chi connectivity index (χ0v) is 17.3. The number of hydrogen-bond acceptors (Lipinski definition) is 8. The summed E-state index contributed by atoms with van der Waals surface area (Å²) in [5.74, 6) is 0.461. The van der Waals surface area contributed by atoms with E-state index in [-0.39, 0.29) is 29.0 Å². The highest BCUT2D eigenvalue weighted by Crippen LogP contribution is 2.30. The van der Waals surface area contributed by atoms with Crippen LogP contribution in [-0.4, -0.2) is 44.7 Å². The van der Waals surface area contributed by atoms with Crippen molar-refractivity contribution >= 4 is 28.8 Å². The van der Waals surface area contributed by atoms with Gasteiger partial charge in [0.15, 0.2) is 5.82 Å². The van der Waals surface area contributed by atoms with Crippen molar-refractivity contribution in [1.29, 1.82) is 0 Å². The number of hydrogen-bond donors (Lipinski definition) is 5. The van der Waals surface area contributed by atoms with E-state index < -0.39 is 12.0 Å². The molecule has 2 saturated carbocycles. The van der Waals surface area contributed by atoms with E-state index in [4.69, 9.17) is 5.73 Å². The number of nitrogens with zero attached hydrogens (tertiary/aromatic N) is 3. The zero-order valence-electron chi connectivity index (χ0n) is 17.3. The fourth-order valence-corrected chi connectivity index (χ4v) is 3.60. The van der Waals surface area contributed by atoms with Gasteiger partial charge in [-0.2, -0.15) is 0 Å². The molecule has 0 saturated heterocycles. The van der Waals surface area contributed by atoms with Crippen LogP contribution in [0.25, 0.3) is 5.57 Å². The van der Waals surface area contributed by atoms with Gasteiger partial charge in [0, 0.05) is 31.6 Å². The number of aliphatic hydroxyl groups is 1. The molecule has 0 aromatic carbocycles. The number of aromatic nitrogens is 3. The van der Waals surface area contributed by atoms with E-state index in [9.17, 15) is 14.7 Å². The Morgan fingerprint density at radius 1 is 1.26 bits per heavy atom. The van der Waals surface area contributed by atoms with Crippen molar-refractivity contribution in [3.05, 3.63) is 46.8 Å². The first kappa shape index (κ1) is 20.9. The van der Waals surface area contributed by atoms with E-state index in [1.54, 1.807) is 29.9 Å². The predicted octanol–water partition coefficient (Wildman–Crippen LogP) is 1.09. The maximum absolute atomic E-state index is 12.9. The van der Waals surface area contributed by atoms with Crippen molar-refractivity contribution in [2.24, 2.45) is 5.73 Å². The molecule has 0 bridgehead atoms. The topological polar surface area (TPSA) is 147 Å². The molecule has 1 amide bonds. The highest BCUT2D eigenvalue weighted by molar-refractivity contribution is 6.18. The Balaban J connectivity index is 1.60. The third kappa shape index (κ3) is 4.24. The van der Waals surface area contributed by atoms with Crippen LogP contribution in [0.15, 0.2) is 35.4 Å². The summed E-state index contributed by atoms with van der Waals surface area (Å²) in [6.45, 7) is 0.